The average molecular weight is 495 g/mol. The number of likely N-dealkylation sites (N-methyl/N-ethyl adjacent to an activating group) is 1. The van der Waals surface area contributed by atoms with Crippen LogP contribution >= 0.6 is 0 Å². The summed E-state index contributed by atoms with van der Waals surface area (Å²) in [5.41, 5.74) is 4.43. The largest absolute Gasteiger partial charge is 0.481 e. The lowest BCUT2D eigenvalue weighted by Crippen LogP contribution is -2.22. The SMILES string of the molecule is C=C(/C(C)=C(\C=N)c1ccccnc(NC(/C=C/F)=C/C=C/CC(=O)O)cc(C)c1)N(C)CCOC. The van der Waals surface area contributed by atoms with E-state index in [4.69, 9.17) is 15.3 Å². The van der Waals surface area contributed by atoms with Crippen LogP contribution in [0.1, 0.15) is 24.5 Å². The molecule has 0 bridgehead atoms. The highest BCUT2D eigenvalue weighted by Crippen LogP contribution is 2.23. The Balaban J connectivity index is 3.45. The molecule has 0 aliphatic carbocycles. The number of carboxylic acids is 1. The molecule has 0 fully saturated rings. The van der Waals surface area contributed by atoms with Crippen LogP contribution in [0, 0.1) is 12.3 Å². The quantitative estimate of drug-likeness (QED) is 0.235. The maximum absolute atomic E-state index is 12.9. The van der Waals surface area contributed by atoms with E-state index in [1.54, 1.807) is 31.5 Å². The molecule has 36 heavy (non-hydrogen) atoms. The number of allylic oxidation sites excluding steroid dienone is 5. The van der Waals surface area contributed by atoms with Gasteiger partial charge in [-0.2, -0.15) is 0 Å². The van der Waals surface area contributed by atoms with E-state index >= 15 is 0 Å². The van der Waals surface area contributed by atoms with Gasteiger partial charge in [-0.05, 0) is 54.8 Å². The van der Waals surface area contributed by atoms with Gasteiger partial charge >= 0.3 is 5.97 Å². The molecule has 1 rings (SSSR count). The summed E-state index contributed by atoms with van der Waals surface area (Å²) in [5.74, 6) is -0.503. The van der Waals surface area contributed by atoms with Crippen molar-refractivity contribution in [2.45, 2.75) is 20.3 Å². The normalized spacial score (nSPS) is 12.2. The van der Waals surface area contributed by atoms with Crippen LogP contribution in [0.25, 0.3) is 5.57 Å². The molecule has 1 aromatic rings. The molecule has 1 aromatic heterocycles. The summed E-state index contributed by atoms with van der Waals surface area (Å²) in [6, 6.07) is 9.20. The van der Waals surface area contributed by atoms with Gasteiger partial charge in [0, 0.05) is 50.1 Å². The van der Waals surface area contributed by atoms with Gasteiger partial charge in [-0.3, -0.25) is 4.79 Å². The van der Waals surface area contributed by atoms with Crippen LogP contribution in [-0.4, -0.2) is 54.5 Å². The van der Waals surface area contributed by atoms with Gasteiger partial charge in [-0.15, -0.1) is 0 Å². The van der Waals surface area contributed by atoms with Gasteiger partial charge in [-0.1, -0.05) is 36.9 Å². The van der Waals surface area contributed by atoms with Crippen LogP contribution < -0.4 is 5.32 Å². The van der Waals surface area contributed by atoms with Gasteiger partial charge < -0.3 is 25.5 Å². The molecule has 3 N–H and O–H groups in total. The highest BCUT2D eigenvalue weighted by molar-refractivity contribution is 6.10. The van der Waals surface area contributed by atoms with E-state index in [0.29, 0.717) is 31.0 Å². The Morgan fingerprint density at radius 3 is 2.75 bits per heavy atom. The zero-order valence-electron chi connectivity index (χ0n) is 21.3. The van der Waals surface area contributed by atoms with E-state index in [1.807, 2.05) is 44.0 Å². The first-order valence-electron chi connectivity index (χ1n) is 11.3. The second-order valence-corrected chi connectivity index (χ2v) is 7.81. The summed E-state index contributed by atoms with van der Waals surface area (Å²) < 4.78 is 18.1. The van der Waals surface area contributed by atoms with Crippen LogP contribution in [0.3, 0.4) is 0 Å². The molecule has 0 aliphatic heterocycles. The Labute approximate surface area is 212 Å². The van der Waals surface area contributed by atoms with E-state index in [0.717, 1.165) is 28.0 Å². The van der Waals surface area contributed by atoms with Crippen molar-refractivity contribution in [1.29, 1.82) is 5.41 Å². The number of aromatic nitrogens is 1. The molecule has 0 amide bonds. The zero-order valence-corrected chi connectivity index (χ0v) is 21.3. The lowest BCUT2D eigenvalue weighted by Gasteiger charge is -2.23. The molecule has 0 unspecified atom stereocenters. The molecule has 7 nitrogen and oxygen atoms in total. The summed E-state index contributed by atoms with van der Waals surface area (Å²) >= 11 is 0. The fourth-order valence-corrected chi connectivity index (χ4v) is 3.06. The number of carbonyl (C=O) groups is 1. The maximum Gasteiger partial charge on any atom is 0.307 e. The van der Waals surface area contributed by atoms with Gasteiger partial charge in [0.2, 0.25) is 0 Å². The van der Waals surface area contributed by atoms with Crippen LogP contribution in [0.4, 0.5) is 10.2 Å². The number of anilines is 1. The van der Waals surface area contributed by atoms with E-state index in [-0.39, 0.29) is 6.42 Å². The van der Waals surface area contributed by atoms with Gasteiger partial charge in [0.05, 0.1) is 19.4 Å². The Kier molecular flexibility index (Phi) is 13.8. The molecule has 0 radical (unpaired) electrons. The lowest BCUT2D eigenvalue weighted by atomic mass is 9.99. The zero-order chi connectivity index (χ0) is 26.9. The van der Waals surface area contributed by atoms with Crippen molar-refractivity contribution >= 4 is 23.6 Å². The Hall–Kier alpha value is -4.04. The molecule has 0 saturated heterocycles. The number of aliphatic carboxylic acids is 1. The number of methoxy groups -OCH3 is 1. The Morgan fingerprint density at radius 2 is 2.11 bits per heavy atom. The molecule has 0 aromatic carbocycles. The molecule has 0 atom stereocenters. The summed E-state index contributed by atoms with van der Waals surface area (Å²) in [6.45, 7) is 9.26. The van der Waals surface area contributed by atoms with Crippen LogP contribution in [-0.2, 0) is 9.53 Å². The number of aryl methyl sites for hydroxylation is 1. The van der Waals surface area contributed by atoms with Gasteiger partial charge in [0.1, 0.15) is 5.82 Å². The minimum Gasteiger partial charge on any atom is -0.481 e. The third-order valence-electron chi connectivity index (χ3n) is 5.04. The summed E-state index contributed by atoms with van der Waals surface area (Å²) in [6.07, 6.45) is 8.92. The number of rotatable bonds is 13. The highest BCUT2D eigenvalue weighted by Gasteiger charge is 2.10. The molecule has 0 spiro atoms. The minimum atomic E-state index is -0.954. The van der Waals surface area contributed by atoms with Crippen molar-refractivity contribution in [1.82, 2.24) is 9.88 Å². The second-order valence-electron chi connectivity index (χ2n) is 7.81. The van der Waals surface area contributed by atoms with Crippen LogP contribution in [0.5, 0.6) is 0 Å². The average Bonchev–Trinajstić information content (AvgIpc) is 2.84. The van der Waals surface area contributed by atoms with Gasteiger partial charge in [0.15, 0.2) is 0 Å². The van der Waals surface area contributed by atoms with E-state index < -0.39 is 5.97 Å². The number of nitrogens with one attached hydrogen (secondary N) is 2. The molecule has 1 heterocycles. The monoisotopic (exact) mass is 494 g/mol. The number of ether oxygens (including phenoxy) is 1. The first kappa shape index (κ1) is 30.0. The Morgan fingerprint density at radius 1 is 1.36 bits per heavy atom. The minimum absolute atomic E-state index is 0.136. The fourth-order valence-electron chi connectivity index (χ4n) is 3.06. The van der Waals surface area contributed by atoms with Crippen molar-refractivity contribution in [3.05, 3.63) is 102 Å². The smallest absolute Gasteiger partial charge is 0.307 e. The second kappa shape index (κ2) is 16.6. The standard InChI is InChI=1S/C28H35FN4O3/c1-21-18-24(26(20-30)22(2)23(3)33(4)16-17-36-5)10-8-9-15-31-27(19-21)32-25(13-14-29)11-6-7-12-28(34)35/h6-11,13-15,18-20,30H,3,12,16-17H2,1-2,4-5H3,(H,31,32)(H,34,35)/b7-6+,14-13+,25-11+,26-22+,30-20?. The van der Waals surface area contributed by atoms with Crippen molar-refractivity contribution in [2.75, 3.05) is 32.6 Å². The number of hydrogen-bond donors (Lipinski definition) is 3. The van der Waals surface area contributed by atoms with E-state index in [1.165, 1.54) is 24.4 Å². The van der Waals surface area contributed by atoms with E-state index in [2.05, 4.69) is 16.9 Å². The predicted molar refractivity (Wildman–Crippen MR) is 145 cm³/mol. The molecule has 192 valence electrons. The van der Waals surface area contributed by atoms with Crippen LogP contribution in [0.2, 0.25) is 0 Å². The number of halogens is 1. The van der Waals surface area contributed by atoms with Crippen LogP contribution in [0.15, 0.2) is 90.7 Å². The number of hydrogen-bond acceptors (Lipinski definition) is 6. The number of nitrogens with zero attached hydrogens (tertiary/aromatic N) is 2. The van der Waals surface area contributed by atoms with E-state index in [9.17, 15) is 9.18 Å². The first-order valence-corrected chi connectivity index (χ1v) is 11.3. The number of carboxylic acid groups (broad SMARTS) is 1. The summed E-state index contributed by atoms with van der Waals surface area (Å²) in [7, 11) is 3.58. The summed E-state index contributed by atoms with van der Waals surface area (Å²) in [4.78, 5) is 17.0. The van der Waals surface area contributed by atoms with Crippen molar-refractivity contribution in [2.24, 2.45) is 0 Å². The molecular weight excluding hydrogens is 459 g/mol. The summed E-state index contributed by atoms with van der Waals surface area (Å²) in [5, 5.41) is 19.9. The third kappa shape index (κ3) is 10.9. The van der Waals surface area contributed by atoms with Gasteiger partial charge in [-0.25, -0.2) is 9.37 Å². The highest BCUT2D eigenvalue weighted by atomic mass is 19.1. The van der Waals surface area contributed by atoms with Gasteiger partial charge in [0.25, 0.3) is 0 Å². The molecule has 0 saturated carbocycles. The molecular formula is C28H35FN4O3. The first-order chi connectivity index (χ1) is 17.2. The molecule has 8 heteroatoms. The fraction of sp³-hybridized carbons (Fsp3) is 0.250. The Bertz CT molecular complexity index is 1110. The maximum atomic E-state index is 12.9. The molecule has 0 aliphatic rings. The van der Waals surface area contributed by atoms with Crippen molar-refractivity contribution < 1.29 is 19.0 Å². The van der Waals surface area contributed by atoms with Crippen molar-refractivity contribution in [3.63, 3.8) is 0 Å². The lowest BCUT2D eigenvalue weighted by molar-refractivity contribution is -0.136. The third-order valence-corrected chi connectivity index (χ3v) is 5.04. The van der Waals surface area contributed by atoms with Crippen molar-refractivity contribution in [3.8, 4) is 0 Å². The predicted octanol–water partition coefficient (Wildman–Crippen LogP) is 5.84. The topological polar surface area (TPSA) is 98.5 Å².